The van der Waals surface area contributed by atoms with Gasteiger partial charge in [0, 0.05) is 6.21 Å². The van der Waals surface area contributed by atoms with Gasteiger partial charge >= 0.3 is 0 Å². The second-order valence-corrected chi connectivity index (χ2v) is 7.48. The molecule has 0 spiro atoms. The Morgan fingerprint density at radius 3 is 2.46 bits per heavy atom. The smallest absolute Gasteiger partial charge is 0.282 e. The molecule has 0 aliphatic carbocycles. The van der Waals surface area contributed by atoms with Gasteiger partial charge in [-0.1, -0.05) is 17.7 Å². The second-order valence-electron chi connectivity index (χ2n) is 4.99. The molecule has 0 aliphatic heterocycles. The van der Waals surface area contributed by atoms with Gasteiger partial charge in [-0.25, -0.2) is 0 Å². The van der Waals surface area contributed by atoms with Gasteiger partial charge in [-0.2, -0.15) is 12.8 Å². The number of methoxy groups -OCH3 is 1. The highest BCUT2D eigenvalue weighted by Gasteiger charge is 2.13. The summed E-state index contributed by atoms with van der Waals surface area (Å²) >= 11 is 3.39. The third-order valence-corrected chi connectivity index (χ3v) is 5.04. The molecule has 5 nitrogen and oxygen atoms in total. The third-order valence-electron chi connectivity index (χ3n) is 3.20. The molecular weight excluding hydrogens is 394 g/mol. The van der Waals surface area contributed by atoms with Crippen LogP contribution in [0.1, 0.15) is 18.1 Å². The van der Waals surface area contributed by atoms with Crippen molar-refractivity contribution >= 4 is 32.2 Å². The van der Waals surface area contributed by atoms with Crippen LogP contribution in [0, 0.1) is 6.92 Å². The maximum Gasteiger partial charge on any atom is 0.282 e. The molecule has 0 heterocycles. The number of nitrogens with zero attached hydrogens (tertiary/aromatic N) is 1. The van der Waals surface area contributed by atoms with Gasteiger partial charge in [0.05, 0.1) is 23.1 Å². The SMILES string of the molecule is CCOc1cc(/C=N\S(=O)(=O)c2ccc(C)cc2)cc(Br)c1OC. The van der Waals surface area contributed by atoms with Gasteiger partial charge in [-0.15, -0.1) is 0 Å². The van der Waals surface area contributed by atoms with E-state index < -0.39 is 10.0 Å². The fourth-order valence-electron chi connectivity index (χ4n) is 2.02. The molecule has 0 saturated carbocycles. The lowest BCUT2D eigenvalue weighted by molar-refractivity contribution is 0.310. The van der Waals surface area contributed by atoms with Crippen molar-refractivity contribution in [2.75, 3.05) is 13.7 Å². The van der Waals surface area contributed by atoms with Gasteiger partial charge in [-0.3, -0.25) is 0 Å². The van der Waals surface area contributed by atoms with Crippen LogP contribution < -0.4 is 9.47 Å². The lowest BCUT2D eigenvalue weighted by Crippen LogP contribution is -2.00. The van der Waals surface area contributed by atoms with Gasteiger partial charge in [-0.05, 0) is 59.6 Å². The predicted molar refractivity (Wildman–Crippen MR) is 97.8 cm³/mol. The molecule has 2 aromatic rings. The molecule has 0 bridgehead atoms. The first kappa shape index (κ1) is 18.5. The molecule has 0 unspecified atom stereocenters. The lowest BCUT2D eigenvalue weighted by Gasteiger charge is -2.11. The number of sulfonamides is 1. The fourth-order valence-corrected chi connectivity index (χ4v) is 3.51. The first-order valence-electron chi connectivity index (χ1n) is 7.24. The average Bonchev–Trinajstić information content (AvgIpc) is 2.54. The summed E-state index contributed by atoms with van der Waals surface area (Å²) in [6.45, 7) is 4.21. The Labute approximate surface area is 150 Å². The maximum absolute atomic E-state index is 12.3. The fraction of sp³-hybridized carbons (Fsp3) is 0.235. The molecule has 0 N–H and O–H groups in total. The van der Waals surface area contributed by atoms with Crippen molar-refractivity contribution < 1.29 is 17.9 Å². The highest BCUT2D eigenvalue weighted by Crippen LogP contribution is 2.36. The molecule has 0 aliphatic rings. The predicted octanol–water partition coefficient (Wildman–Crippen LogP) is 3.97. The topological polar surface area (TPSA) is 65.0 Å². The minimum Gasteiger partial charge on any atom is -0.492 e. The Kier molecular flexibility index (Phi) is 6.01. The van der Waals surface area contributed by atoms with Crippen LogP contribution >= 0.6 is 15.9 Å². The van der Waals surface area contributed by atoms with Gasteiger partial charge in [0.1, 0.15) is 0 Å². The molecule has 0 saturated heterocycles. The molecule has 2 aromatic carbocycles. The summed E-state index contributed by atoms with van der Waals surface area (Å²) in [6.07, 6.45) is 1.29. The summed E-state index contributed by atoms with van der Waals surface area (Å²) in [5, 5.41) is 0. The normalized spacial score (nSPS) is 11.7. The Morgan fingerprint density at radius 1 is 1.21 bits per heavy atom. The number of rotatable bonds is 6. The van der Waals surface area contributed by atoms with Crippen molar-refractivity contribution in [3.63, 3.8) is 0 Å². The number of hydrogen-bond donors (Lipinski definition) is 0. The average molecular weight is 412 g/mol. The van der Waals surface area contributed by atoms with Crippen LogP contribution in [-0.4, -0.2) is 28.3 Å². The van der Waals surface area contributed by atoms with E-state index in [1.54, 1.807) is 24.3 Å². The van der Waals surface area contributed by atoms with Crippen molar-refractivity contribution in [3.8, 4) is 11.5 Å². The highest BCUT2D eigenvalue weighted by molar-refractivity contribution is 9.10. The monoisotopic (exact) mass is 411 g/mol. The Hall–Kier alpha value is -1.86. The van der Waals surface area contributed by atoms with Crippen LogP contribution in [0.5, 0.6) is 11.5 Å². The molecular formula is C17H18BrNO4S. The Morgan fingerprint density at radius 2 is 1.88 bits per heavy atom. The molecule has 0 amide bonds. The van der Waals surface area contributed by atoms with Crippen molar-refractivity contribution in [1.82, 2.24) is 0 Å². The maximum atomic E-state index is 12.3. The summed E-state index contributed by atoms with van der Waals surface area (Å²) in [5.74, 6) is 1.07. The van der Waals surface area contributed by atoms with Crippen molar-refractivity contribution in [3.05, 3.63) is 52.0 Å². The zero-order chi connectivity index (χ0) is 17.7. The van der Waals surface area contributed by atoms with Crippen LogP contribution in [0.25, 0.3) is 0 Å². The number of ether oxygens (including phenoxy) is 2. The summed E-state index contributed by atoms with van der Waals surface area (Å²) in [6, 6.07) is 9.95. The van der Waals surface area contributed by atoms with Gasteiger partial charge in [0.25, 0.3) is 10.0 Å². The van der Waals surface area contributed by atoms with E-state index in [2.05, 4.69) is 20.3 Å². The van der Waals surface area contributed by atoms with Gasteiger partial charge in [0.2, 0.25) is 0 Å². The number of hydrogen-bond acceptors (Lipinski definition) is 4. The Bertz CT molecular complexity index is 846. The zero-order valence-corrected chi connectivity index (χ0v) is 16.0. The van der Waals surface area contributed by atoms with Gasteiger partial charge in [0.15, 0.2) is 11.5 Å². The van der Waals surface area contributed by atoms with E-state index in [0.29, 0.717) is 28.1 Å². The van der Waals surface area contributed by atoms with Crippen LogP contribution in [0.15, 0.2) is 50.2 Å². The van der Waals surface area contributed by atoms with E-state index in [1.807, 2.05) is 13.8 Å². The minimum atomic E-state index is -3.75. The zero-order valence-electron chi connectivity index (χ0n) is 13.6. The first-order valence-corrected chi connectivity index (χ1v) is 9.48. The van der Waals surface area contributed by atoms with E-state index in [0.717, 1.165) is 5.56 Å². The van der Waals surface area contributed by atoms with E-state index in [4.69, 9.17) is 9.47 Å². The van der Waals surface area contributed by atoms with Crippen molar-refractivity contribution in [2.45, 2.75) is 18.7 Å². The molecule has 0 aromatic heterocycles. The van der Waals surface area contributed by atoms with E-state index in [9.17, 15) is 8.42 Å². The van der Waals surface area contributed by atoms with Crippen molar-refractivity contribution in [1.29, 1.82) is 0 Å². The van der Waals surface area contributed by atoms with Gasteiger partial charge < -0.3 is 9.47 Å². The minimum absolute atomic E-state index is 0.155. The van der Waals surface area contributed by atoms with E-state index in [1.165, 1.54) is 25.5 Å². The number of aryl methyl sites for hydroxylation is 1. The van der Waals surface area contributed by atoms with E-state index in [-0.39, 0.29) is 4.90 Å². The lowest BCUT2D eigenvalue weighted by atomic mass is 10.2. The van der Waals surface area contributed by atoms with Crippen molar-refractivity contribution in [2.24, 2.45) is 4.40 Å². The van der Waals surface area contributed by atoms with Crippen LogP contribution in [0.2, 0.25) is 0 Å². The molecule has 7 heteroatoms. The second kappa shape index (κ2) is 7.81. The quantitative estimate of drug-likeness (QED) is 0.674. The molecule has 24 heavy (non-hydrogen) atoms. The Balaban J connectivity index is 2.36. The molecule has 2 rings (SSSR count). The standard InChI is InChI=1S/C17H18BrNO4S/c1-4-23-16-10-13(9-15(18)17(16)22-3)11-19-24(20,21)14-7-5-12(2)6-8-14/h5-11H,4H2,1-3H3/b19-11-. The first-order chi connectivity index (χ1) is 11.4. The van der Waals surface area contributed by atoms with Crippen LogP contribution in [-0.2, 0) is 10.0 Å². The molecule has 128 valence electrons. The molecule has 0 fully saturated rings. The highest BCUT2D eigenvalue weighted by atomic mass is 79.9. The summed E-state index contributed by atoms with van der Waals surface area (Å²) < 4.78 is 39.7. The largest absolute Gasteiger partial charge is 0.492 e. The van der Waals surface area contributed by atoms with Crippen LogP contribution in [0.3, 0.4) is 0 Å². The summed E-state index contributed by atoms with van der Waals surface area (Å²) in [4.78, 5) is 0.155. The number of benzene rings is 2. The van der Waals surface area contributed by atoms with E-state index >= 15 is 0 Å². The summed E-state index contributed by atoms with van der Waals surface area (Å²) in [7, 11) is -2.21. The molecule has 0 atom stereocenters. The molecule has 0 radical (unpaired) electrons. The summed E-state index contributed by atoms with van der Waals surface area (Å²) in [5.41, 5.74) is 1.57. The van der Waals surface area contributed by atoms with Crippen LogP contribution in [0.4, 0.5) is 0 Å². The third kappa shape index (κ3) is 4.36. The number of halogens is 1.